The molecule has 2 aliphatic carbocycles. The van der Waals surface area contributed by atoms with Crippen LogP contribution in [0.3, 0.4) is 0 Å². The van der Waals surface area contributed by atoms with Gasteiger partial charge >= 0.3 is 5.97 Å². The predicted octanol–water partition coefficient (Wildman–Crippen LogP) is 5.86. The van der Waals surface area contributed by atoms with Gasteiger partial charge in [-0.25, -0.2) is 4.98 Å². The first kappa shape index (κ1) is 25.3. The monoisotopic (exact) mass is 542 g/mol. The Hall–Kier alpha value is -3.98. The van der Waals surface area contributed by atoms with Crippen molar-refractivity contribution in [1.29, 1.82) is 0 Å². The number of amides is 1. The lowest BCUT2D eigenvalue weighted by molar-refractivity contribution is -0.136. The van der Waals surface area contributed by atoms with Crippen molar-refractivity contribution in [3.63, 3.8) is 0 Å². The molecule has 39 heavy (non-hydrogen) atoms. The molecule has 2 N–H and O–H groups in total. The Morgan fingerprint density at radius 2 is 1.87 bits per heavy atom. The summed E-state index contributed by atoms with van der Waals surface area (Å²) >= 11 is 1.63. The van der Waals surface area contributed by atoms with E-state index in [1.165, 1.54) is 25.7 Å². The molecule has 0 aliphatic heterocycles. The summed E-state index contributed by atoms with van der Waals surface area (Å²) in [6.45, 7) is 0.811. The Bertz CT molecular complexity index is 1450. The van der Waals surface area contributed by atoms with Crippen molar-refractivity contribution in [3.8, 4) is 22.7 Å². The fourth-order valence-electron chi connectivity index (χ4n) is 5.91. The predicted molar refractivity (Wildman–Crippen MR) is 149 cm³/mol. The Kier molecular flexibility index (Phi) is 7.15. The van der Waals surface area contributed by atoms with Gasteiger partial charge in [0.05, 0.1) is 6.42 Å². The van der Waals surface area contributed by atoms with Gasteiger partial charge in [0.2, 0.25) is 0 Å². The van der Waals surface area contributed by atoms with Gasteiger partial charge in [-0.05, 0) is 48.8 Å². The number of hydrogen-bond acceptors (Lipinski definition) is 7. The zero-order valence-corrected chi connectivity index (χ0v) is 22.3. The maximum absolute atomic E-state index is 12.4. The Morgan fingerprint density at radius 1 is 1.05 bits per heavy atom. The van der Waals surface area contributed by atoms with Crippen LogP contribution in [0.1, 0.15) is 48.0 Å². The standard InChI is InChI=1S/C30H30N4O4S/c35-28(36)12-13-31-29(37)22-9-6-19(7-10-22)17-34(26-15-20-8-11-23(26)14-20)30-32-25(18-39-30)27-16-24(33-38-27)21-4-2-1-3-5-21/h1-7,9-10,16,18,20,23,26H,8,11-15,17H2,(H,31,37)(H,35,36)/t20-,23+,26?/m0/s1. The second-order valence-corrected chi connectivity index (χ2v) is 11.3. The number of carboxylic acids is 1. The highest BCUT2D eigenvalue weighted by atomic mass is 32.1. The lowest BCUT2D eigenvalue weighted by Crippen LogP contribution is -2.38. The molecule has 6 rings (SSSR count). The van der Waals surface area contributed by atoms with Crippen LogP contribution in [-0.4, -0.2) is 39.7 Å². The number of anilines is 1. The van der Waals surface area contributed by atoms with Crippen LogP contribution in [0.4, 0.5) is 5.13 Å². The number of aliphatic carboxylic acids is 1. The number of carbonyl (C=O) groups is 2. The van der Waals surface area contributed by atoms with Crippen molar-refractivity contribution >= 4 is 28.3 Å². The number of fused-ring (bicyclic) bond motifs is 2. The molecular weight excluding hydrogens is 512 g/mol. The molecule has 3 atom stereocenters. The number of nitrogens with one attached hydrogen (secondary N) is 1. The van der Waals surface area contributed by atoms with Crippen molar-refractivity contribution in [1.82, 2.24) is 15.5 Å². The Morgan fingerprint density at radius 3 is 2.59 bits per heavy atom. The smallest absolute Gasteiger partial charge is 0.305 e. The molecule has 1 unspecified atom stereocenters. The van der Waals surface area contributed by atoms with Gasteiger partial charge in [-0.15, -0.1) is 11.3 Å². The van der Waals surface area contributed by atoms with Crippen molar-refractivity contribution in [3.05, 3.63) is 77.2 Å². The van der Waals surface area contributed by atoms with Crippen LogP contribution in [0.2, 0.25) is 0 Å². The fourth-order valence-corrected chi connectivity index (χ4v) is 6.79. The summed E-state index contributed by atoms with van der Waals surface area (Å²) in [4.78, 5) is 30.5. The molecular formula is C30H30N4O4S. The number of hydrogen-bond donors (Lipinski definition) is 2. The molecule has 2 heterocycles. The maximum Gasteiger partial charge on any atom is 0.305 e. The van der Waals surface area contributed by atoms with Crippen molar-refractivity contribution in [2.75, 3.05) is 11.4 Å². The minimum absolute atomic E-state index is 0.0975. The van der Waals surface area contributed by atoms with E-state index in [1.807, 2.05) is 53.9 Å². The molecule has 9 heteroatoms. The molecule has 1 amide bonds. The summed E-state index contributed by atoms with van der Waals surface area (Å²) < 4.78 is 5.67. The van der Waals surface area contributed by atoms with E-state index in [0.717, 1.165) is 33.6 Å². The molecule has 8 nitrogen and oxygen atoms in total. The average Bonchev–Trinajstić information content (AvgIpc) is 3.77. The third-order valence-electron chi connectivity index (χ3n) is 7.86. The Balaban J connectivity index is 1.20. The van der Waals surface area contributed by atoms with Gasteiger partial charge in [-0.1, -0.05) is 54.0 Å². The fraction of sp³-hybridized carbons (Fsp3) is 0.333. The van der Waals surface area contributed by atoms with E-state index in [1.54, 1.807) is 23.5 Å². The summed E-state index contributed by atoms with van der Waals surface area (Å²) in [6, 6.07) is 19.9. The van der Waals surface area contributed by atoms with E-state index in [2.05, 4.69) is 15.4 Å². The third-order valence-corrected chi connectivity index (χ3v) is 8.74. The van der Waals surface area contributed by atoms with Gasteiger partial charge in [-0.2, -0.15) is 0 Å². The second-order valence-electron chi connectivity index (χ2n) is 10.4. The highest BCUT2D eigenvalue weighted by molar-refractivity contribution is 7.14. The molecule has 2 fully saturated rings. The van der Waals surface area contributed by atoms with Crippen LogP contribution in [0.15, 0.2) is 70.6 Å². The number of rotatable bonds is 10. The maximum atomic E-state index is 12.4. The molecule has 2 aliphatic rings. The number of nitrogens with zero attached hydrogens (tertiary/aromatic N) is 3. The summed E-state index contributed by atoms with van der Waals surface area (Å²) in [5.74, 6) is 0.927. The molecule has 2 aromatic carbocycles. The van der Waals surface area contributed by atoms with Gasteiger partial charge in [-0.3, -0.25) is 9.59 Å². The quantitative estimate of drug-likeness (QED) is 0.258. The topological polar surface area (TPSA) is 109 Å². The zero-order chi connectivity index (χ0) is 26.8. The lowest BCUT2D eigenvalue weighted by Gasteiger charge is -2.34. The number of carbonyl (C=O) groups excluding carboxylic acids is 1. The van der Waals surface area contributed by atoms with Crippen LogP contribution in [-0.2, 0) is 11.3 Å². The van der Waals surface area contributed by atoms with Crippen LogP contribution < -0.4 is 10.2 Å². The molecule has 4 aromatic rings. The van der Waals surface area contributed by atoms with E-state index >= 15 is 0 Å². The minimum Gasteiger partial charge on any atom is -0.481 e. The molecule has 0 spiro atoms. The van der Waals surface area contributed by atoms with Gasteiger partial charge in [0.25, 0.3) is 5.91 Å². The summed E-state index contributed by atoms with van der Waals surface area (Å²) in [6.07, 6.45) is 4.97. The molecule has 2 saturated carbocycles. The zero-order valence-electron chi connectivity index (χ0n) is 21.5. The van der Waals surface area contributed by atoms with Crippen LogP contribution >= 0.6 is 11.3 Å². The average molecular weight is 543 g/mol. The molecule has 2 bridgehead atoms. The number of thiazole rings is 1. The summed E-state index contributed by atoms with van der Waals surface area (Å²) in [5, 5.41) is 18.7. The van der Waals surface area contributed by atoms with Crippen molar-refractivity contribution in [2.45, 2.75) is 44.7 Å². The van der Waals surface area contributed by atoms with E-state index in [9.17, 15) is 9.59 Å². The highest BCUT2D eigenvalue weighted by Crippen LogP contribution is 2.48. The van der Waals surface area contributed by atoms with E-state index in [4.69, 9.17) is 14.6 Å². The van der Waals surface area contributed by atoms with E-state index in [-0.39, 0.29) is 18.9 Å². The van der Waals surface area contributed by atoms with Gasteiger partial charge in [0, 0.05) is 41.7 Å². The molecule has 2 aromatic heterocycles. The van der Waals surface area contributed by atoms with Crippen molar-refractivity contribution < 1.29 is 19.2 Å². The SMILES string of the molecule is O=C(O)CCNC(=O)c1ccc(CN(c2nc(-c3cc(-c4ccccc4)no3)cs2)C2C[C@H]3CC[C@@H]2C3)cc1. The largest absolute Gasteiger partial charge is 0.481 e. The Labute approximate surface area is 230 Å². The van der Waals surface area contributed by atoms with Crippen LogP contribution in [0, 0.1) is 11.8 Å². The van der Waals surface area contributed by atoms with Crippen molar-refractivity contribution in [2.24, 2.45) is 11.8 Å². The minimum atomic E-state index is -0.934. The molecule has 200 valence electrons. The van der Waals surface area contributed by atoms with E-state index < -0.39 is 5.97 Å². The second kappa shape index (κ2) is 11.0. The summed E-state index contributed by atoms with van der Waals surface area (Å²) in [7, 11) is 0. The molecule has 0 saturated heterocycles. The third kappa shape index (κ3) is 5.59. The number of benzene rings is 2. The summed E-state index contributed by atoms with van der Waals surface area (Å²) in [5.41, 5.74) is 4.20. The van der Waals surface area contributed by atoms with Gasteiger partial charge < -0.3 is 19.8 Å². The number of aromatic nitrogens is 2. The first-order valence-electron chi connectivity index (χ1n) is 13.4. The van der Waals surface area contributed by atoms with E-state index in [0.29, 0.717) is 29.8 Å². The molecule has 0 radical (unpaired) electrons. The van der Waals surface area contributed by atoms with Gasteiger partial charge in [0.1, 0.15) is 11.4 Å². The lowest BCUT2D eigenvalue weighted by atomic mass is 9.94. The van der Waals surface area contributed by atoms with Gasteiger partial charge in [0.15, 0.2) is 10.9 Å². The van der Waals surface area contributed by atoms with Crippen LogP contribution in [0.25, 0.3) is 22.7 Å². The van der Waals surface area contributed by atoms with Crippen LogP contribution in [0.5, 0.6) is 0 Å². The first-order valence-corrected chi connectivity index (χ1v) is 14.2. The first-order chi connectivity index (χ1) is 19.0. The highest BCUT2D eigenvalue weighted by Gasteiger charge is 2.43. The number of carboxylic acid groups (broad SMARTS) is 1. The normalized spacial score (nSPS) is 19.7.